The molecule has 0 aromatic heterocycles. The van der Waals surface area contributed by atoms with Gasteiger partial charge in [0.2, 0.25) is 0 Å². The summed E-state index contributed by atoms with van der Waals surface area (Å²) < 4.78 is 10.9. The van der Waals surface area contributed by atoms with Crippen LogP contribution in [0.5, 0.6) is 0 Å². The van der Waals surface area contributed by atoms with E-state index in [2.05, 4.69) is 5.32 Å². The van der Waals surface area contributed by atoms with Gasteiger partial charge in [0.05, 0.1) is 24.9 Å². The van der Waals surface area contributed by atoms with E-state index >= 15 is 0 Å². The van der Waals surface area contributed by atoms with Crippen molar-refractivity contribution in [3.05, 3.63) is 34.9 Å². The number of ether oxygens (including phenoxy) is 2. The van der Waals surface area contributed by atoms with Gasteiger partial charge in [-0.3, -0.25) is 0 Å². The van der Waals surface area contributed by atoms with Crippen LogP contribution in [0.1, 0.15) is 34.3 Å². The van der Waals surface area contributed by atoms with Crippen molar-refractivity contribution in [2.75, 3.05) is 26.8 Å². The molecule has 0 saturated carbocycles. The normalized spacial score (nSPS) is 20.9. The van der Waals surface area contributed by atoms with Gasteiger partial charge in [-0.15, -0.1) is 0 Å². The number of fused-ring (bicyclic) bond motifs is 2. The second kappa shape index (κ2) is 4.94. The fourth-order valence-corrected chi connectivity index (χ4v) is 3.17. The van der Waals surface area contributed by atoms with Gasteiger partial charge in [0.15, 0.2) is 0 Å². The van der Waals surface area contributed by atoms with Gasteiger partial charge in [0, 0.05) is 0 Å². The highest BCUT2D eigenvalue weighted by Crippen LogP contribution is 2.40. The first-order chi connectivity index (χ1) is 9.25. The summed E-state index contributed by atoms with van der Waals surface area (Å²) >= 11 is 0. The van der Waals surface area contributed by atoms with E-state index in [4.69, 9.17) is 9.47 Å². The Morgan fingerprint density at radius 3 is 2.89 bits per heavy atom. The van der Waals surface area contributed by atoms with Gasteiger partial charge in [0.25, 0.3) is 0 Å². The van der Waals surface area contributed by atoms with Crippen LogP contribution in [0.2, 0.25) is 0 Å². The molecule has 3 rings (SSSR count). The van der Waals surface area contributed by atoms with E-state index in [9.17, 15) is 4.79 Å². The number of methoxy groups -OCH3 is 1. The minimum atomic E-state index is -0.270. The number of hydrogen-bond donors (Lipinski definition) is 1. The molecule has 2 aliphatic rings. The third kappa shape index (κ3) is 2.15. The Morgan fingerprint density at radius 2 is 2.16 bits per heavy atom. The van der Waals surface area contributed by atoms with Gasteiger partial charge in [-0.25, -0.2) is 4.79 Å². The Hall–Kier alpha value is -1.39. The molecule has 1 aromatic carbocycles. The molecule has 2 heterocycles. The Labute approximate surface area is 113 Å². The first-order valence-electron chi connectivity index (χ1n) is 6.82. The van der Waals surface area contributed by atoms with Gasteiger partial charge in [-0.05, 0) is 55.6 Å². The molecule has 0 aliphatic carbocycles. The lowest BCUT2D eigenvalue weighted by molar-refractivity contribution is -0.0802. The SMILES string of the molecule is COC(=O)c1ccc2c(c1)CCOC21CCNCC1. The van der Waals surface area contributed by atoms with Crippen LogP contribution in [0.15, 0.2) is 18.2 Å². The maximum Gasteiger partial charge on any atom is 0.337 e. The highest BCUT2D eigenvalue weighted by Gasteiger charge is 2.39. The maximum atomic E-state index is 11.6. The smallest absolute Gasteiger partial charge is 0.337 e. The second-order valence-corrected chi connectivity index (χ2v) is 5.21. The molecule has 19 heavy (non-hydrogen) atoms. The molecule has 1 saturated heterocycles. The van der Waals surface area contributed by atoms with Crippen molar-refractivity contribution < 1.29 is 14.3 Å². The number of esters is 1. The van der Waals surface area contributed by atoms with E-state index in [0.717, 1.165) is 39.0 Å². The summed E-state index contributed by atoms with van der Waals surface area (Å²) in [7, 11) is 1.42. The van der Waals surface area contributed by atoms with Crippen molar-refractivity contribution in [1.82, 2.24) is 5.32 Å². The molecular formula is C15H19NO3. The average Bonchev–Trinajstić information content (AvgIpc) is 2.47. The zero-order valence-electron chi connectivity index (χ0n) is 11.2. The summed E-state index contributed by atoms with van der Waals surface area (Å²) in [5, 5.41) is 3.37. The van der Waals surface area contributed by atoms with Gasteiger partial charge < -0.3 is 14.8 Å². The van der Waals surface area contributed by atoms with Crippen LogP contribution in [0, 0.1) is 0 Å². The third-order valence-electron chi connectivity index (χ3n) is 4.18. The van der Waals surface area contributed by atoms with Crippen molar-refractivity contribution in [3.63, 3.8) is 0 Å². The fourth-order valence-electron chi connectivity index (χ4n) is 3.17. The van der Waals surface area contributed by atoms with Crippen LogP contribution in [0.3, 0.4) is 0 Å². The lowest BCUT2D eigenvalue weighted by Crippen LogP contribution is -2.44. The van der Waals surface area contributed by atoms with Crippen LogP contribution in [-0.4, -0.2) is 32.8 Å². The molecule has 1 aromatic rings. The Morgan fingerprint density at radius 1 is 1.37 bits per heavy atom. The topological polar surface area (TPSA) is 47.6 Å². The number of benzene rings is 1. The van der Waals surface area contributed by atoms with Gasteiger partial charge >= 0.3 is 5.97 Å². The van der Waals surface area contributed by atoms with E-state index in [1.54, 1.807) is 0 Å². The van der Waals surface area contributed by atoms with Crippen molar-refractivity contribution in [2.24, 2.45) is 0 Å². The number of piperidine rings is 1. The summed E-state index contributed by atoms with van der Waals surface area (Å²) in [6, 6.07) is 5.86. The zero-order chi connectivity index (χ0) is 13.3. The molecule has 0 atom stereocenters. The number of rotatable bonds is 1. The third-order valence-corrected chi connectivity index (χ3v) is 4.18. The highest BCUT2D eigenvalue weighted by atomic mass is 16.5. The molecule has 0 radical (unpaired) electrons. The minimum absolute atomic E-state index is 0.145. The minimum Gasteiger partial charge on any atom is -0.465 e. The Balaban J connectivity index is 1.99. The Bertz CT molecular complexity index is 492. The van der Waals surface area contributed by atoms with Crippen molar-refractivity contribution in [2.45, 2.75) is 24.9 Å². The number of hydrogen-bond acceptors (Lipinski definition) is 4. The summed E-state index contributed by atoms with van der Waals surface area (Å²) in [5.41, 5.74) is 2.98. The van der Waals surface area contributed by atoms with Crippen LogP contribution in [0.4, 0.5) is 0 Å². The van der Waals surface area contributed by atoms with E-state index in [-0.39, 0.29) is 11.6 Å². The molecule has 2 aliphatic heterocycles. The molecule has 4 heteroatoms. The van der Waals surface area contributed by atoms with Gasteiger partial charge in [-0.1, -0.05) is 6.07 Å². The molecule has 1 fully saturated rings. The monoisotopic (exact) mass is 261 g/mol. The molecule has 0 bridgehead atoms. The van der Waals surface area contributed by atoms with E-state index in [1.807, 2.05) is 18.2 Å². The second-order valence-electron chi connectivity index (χ2n) is 5.21. The summed E-state index contributed by atoms with van der Waals surface area (Å²) in [6.07, 6.45) is 2.87. The Kier molecular flexibility index (Phi) is 3.29. The van der Waals surface area contributed by atoms with E-state index in [1.165, 1.54) is 18.2 Å². The van der Waals surface area contributed by atoms with Crippen LogP contribution in [-0.2, 0) is 21.5 Å². The lowest BCUT2D eigenvalue weighted by Gasteiger charge is -2.42. The summed E-state index contributed by atoms with van der Waals surface area (Å²) in [5.74, 6) is -0.270. The van der Waals surface area contributed by atoms with Crippen LogP contribution >= 0.6 is 0 Å². The van der Waals surface area contributed by atoms with Gasteiger partial charge in [-0.2, -0.15) is 0 Å². The molecule has 1 spiro atoms. The first-order valence-corrected chi connectivity index (χ1v) is 6.82. The number of carbonyl (C=O) groups is 1. The molecule has 0 unspecified atom stereocenters. The lowest BCUT2D eigenvalue weighted by atomic mass is 9.79. The fraction of sp³-hybridized carbons (Fsp3) is 0.533. The largest absolute Gasteiger partial charge is 0.465 e. The maximum absolute atomic E-state index is 11.6. The van der Waals surface area contributed by atoms with E-state index in [0.29, 0.717) is 5.56 Å². The highest BCUT2D eigenvalue weighted by molar-refractivity contribution is 5.89. The van der Waals surface area contributed by atoms with Gasteiger partial charge in [0.1, 0.15) is 0 Å². The molecule has 1 N–H and O–H groups in total. The predicted octanol–water partition coefficient (Wildman–Crippen LogP) is 1.62. The average molecular weight is 261 g/mol. The predicted molar refractivity (Wildman–Crippen MR) is 71.2 cm³/mol. The first kappa shape index (κ1) is 12.6. The van der Waals surface area contributed by atoms with Crippen LogP contribution in [0.25, 0.3) is 0 Å². The van der Waals surface area contributed by atoms with E-state index < -0.39 is 0 Å². The van der Waals surface area contributed by atoms with Crippen LogP contribution < -0.4 is 5.32 Å². The number of nitrogens with one attached hydrogen (secondary N) is 1. The van der Waals surface area contributed by atoms with Crippen molar-refractivity contribution >= 4 is 5.97 Å². The summed E-state index contributed by atoms with van der Waals surface area (Å²) in [6.45, 7) is 2.70. The standard InChI is InChI=1S/C15H19NO3/c1-18-14(17)12-2-3-13-11(10-12)4-9-19-15(13)5-7-16-8-6-15/h2-3,10,16H,4-9H2,1H3. The zero-order valence-corrected chi connectivity index (χ0v) is 11.2. The molecule has 102 valence electrons. The molecule has 4 nitrogen and oxygen atoms in total. The quantitative estimate of drug-likeness (QED) is 0.780. The van der Waals surface area contributed by atoms with Crippen molar-refractivity contribution in [3.8, 4) is 0 Å². The molecule has 0 amide bonds. The summed E-state index contributed by atoms with van der Waals surface area (Å²) in [4.78, 5) is 11.6. The van der Waals surface area contributed by atoms with Crippen molar-refractivity contribution in [1.29, 1.82) is 0 Å². The molecular weight excluding hydrogens is 242 g/mol. The number of carbonyl (C=O) groups excluding carboxylic acids is 1.